The van der Waals surface area contributed by atoms with Crippen LogP contribution < -0.4 is 10.6 Å². The summed E-state index contributed by atoms with van der Waals surface area (Å²) in [6, 6.07) is 2.86. The van der Waals surface area contributed by atoms with Crippen LogP contribution in [0.4, 0.5) is 5.69 Å². The maximum absolute atomic E-state index is 11.7. The van der Waals surface area contributed by atoms with Gasteiger partial charge in [0.25, 0.3) is 0 Å². The van der Waals surface area contributed by atoms with Gasteiger partial charge in [-0.1, -0.05) is 44.0 Å². The maximum atomic E-state index is 11.7. The summed E-state index contributed by atoms with van der Waals surface area (Å²) >= 11 is 16.6. The van der Waals surface area contributed by atoms with Crippen molar-refractivity contribution in [3.05, 3.63) is 22.2 Å². The van der Waals surface area contributed by atoms with Gasteiger partial charge in [0, 0.05) is 10.4 Å². The molecule has 0 saturated heterocycles. The van der Waals surface area contributed by atoms with Crippen molar-refractivity contribution >= 4 is 52.1 Å². The quantitative estimate of drug-likeness (QED) is 0.547. The number of amides is 1. The number of carbonyl (C=O) groups is 1. The van der Waals surface area contributed by atoms with Crippen molar-refractivity contribution in [2.75, 3.05) is 5.32 Å². The minimum absolute atomic E-state index is 0.0635. The highest BCUT2D eigenvalue weighted by Crippen LogP contribution is 2.34. The molecule has 1 aromatic rings. The summed E-state index contributed by atoms with van der Waals surface area (Å²) in [5.74, 6) is -0.420. The molecule has 0 saturated carbocycles. The predicted octanol–water partition coefficient (Wildman–Crippen LogP) is 3.56. The molecule has 0 aliphatic heterocycles. The van der Waals surface area contributed by atoms with Gasteiger partial charge in [-0.3, -0.25) is 4.79 Å². The van der Waals surface area contributed by atoms with Crippen LogP contribution in [0.2, 0.25) is 10.0 Å². The van der Waals surface area contributed by atoms with Crippen molar-refractivity contribution < 1.29 is 9.90 Å². The highest BCUT2D eigenvalue weighted by Gasteiger charge is 2.22. The smallest absolute Gasteiger partial charge is 0.231 e. The topological polar surface area (TPSA) is 61.4 Å². The monoisotopic (exact) mass is 320 g/mol. The lowest BCUT2D eigenvalue weighted by molar-refractivity contribution is -0.126. The molecule has 0 spiro atoms. The lowest BCUT2D eigenvalue weighted by atomic mass is 9.96. The van der Waals surface area contributed by atoms with E-state index in [4.69, 9.17) is 35.4 Å². The molecular weight excluding hydrogens is 307 g/mol. The van der Waals surface area contributed by atoms with Crippen molar-refractivity contribution in [2.45, 2.75) is 20.8 Å². The van der Waals surface area contributed by atoms with Crippen molar-refractivity contribution in [1.82, 2.24) is 5.32 Å². The molecule has 0 fully saturated rings. The molecule has 19 heavy (non-hydrogen) atoms. The Hall–Kier alpha value is -1.04. The lowest BCUT2D eigenvalue weighted by Crippen LogP contribution is -2.41. The summed E-state index contributed by atoms with van der Waals surface area (Å²) in [5, 5.41) is 15.4. The van der Waals surface area contributed by atoms with Gasteiger partial charge >= 0.3 is 0 Å². The first kappa shape index (κ1) is 16.0. The molecule has 1 rings (SSSR count). The van der Waals surface area contributed by atoms with Gasteiger partial charge in [-0.15, -0.1) is 0 Å². The first-order valence-corrected chi connectivity index (χ1v) is 6.58. The fourth-order valence-electron chi connectivity index (χ4n) is 1.11. The van der Waals surface area contributed by atoms with Crippen LogP contribution in [0.3, 0.4) is 0 Å². The van der Waals surface area contributed by atoms with E-state index in [-0.39, 0.29) is 27.5 Å². The Bertz CT molecular complexity index is 527. The van der Waals surface area contributed by atoms with Crippen LogP contribution in [0.5, 0.6) is 5.75 Å². The van der Waals surface area contributed by atoms with E-state index in [2.05, 4.69) is 10.6 Å². The van der Waals surface area contributed by atoms with Gasteiger partial charge in [-0.05, 0) is 24.4 Å². The van der Waals surface area contributed by atoms with E-state index >= 15 is 0 Å². The van der Waals surface area contributed by atoms with E-state index < -0.39 is 5.41 Å². The first-order valence-electron chi connectivity index (χ1n) is 5.41. The fourth-order valence-corrected chi connectivity index (χ4v) is 1.80. The van der Waals surface area contributed by atoms with Crippen LogP contribution in [-0.2, 0) is 4.79 Å². The molecule has 0 aliphatic carbocycles. The van der Waals surface area contributed by atoms with Crippen molar-refractivity contribution in [3.63, 3.8) is 0 Å². The maximum Gasteiger partial charge on any atom is 0.231 e. The standard InChI is InChI=1S/C12H14Cl2N2O2S/c1-12(2,3)10(18)16-11(19)15-8-5-6(13)4-7(14)9(8)17/h4-5,17H,1-3H3,(H2,15,16,18,19). The molecule has 1 amide bonds. The molecule has 7 heteroatoms. The van der Waals surface area contributed by atoms with E-state index in [1.807, 2.05) is 0 Å². The van der Waals surface area contributed by atoms with E-state index in [0.717, 1.165) is 0 Å². The molecular formula is C12H14Cl2N2O2S. The normalized spacial score (nSPS) is 11.0. The van der Waals surface area contributed by atoms with E-state index in [0.29, 0.717) is 5.02 Å². The van der Waals surface area contributed by atoms with Crippen LogP contribution in [0.15, 0.2) is 12.1 Å². The van der Waals surface area contributed by atoms with Crippen LogP contribution in [0, 0.1) is 5.41 Å². The Morgan fingerprint density at radius 1 is 1.32 bits per heavy atom. The molecule has 1 aromatic carbocycles. The largest absolute Gasteiger partial charge is 0.504 e. The number of benzene rings is 1. The molecule has 0 radical (unpaired) electrons. The zero-order valence-electron chi connectivity index (χ0n) is 10.7. The third-order valence-electron chi connectivity index (χ3n) is 2.18. The van der Waals surface area contributed by atoms with Crippen LogP contribution in [0.25, 0.3) is 0 Å². The average molecular weight is 321 g/mol. The van der Waals surface area contributed by atoms with Gasteiger partial charge in [-0.25, -0.2) is 0 Å². The molecule has 4 nitrogen and oxygen atoms in total. The molecule has 0 atom stereocenters. The number of aromatic hydroxyl groups is 1. The number of phenolic OH excluding ortho intramolecular Hbond substituents is 1. The van der Waals surface area contributed by atoms with Crippen LogP contribution in [-0.4, -0.2) is 16.1 Å². The fraction of sp³-hybridized carbons (Fsp3) is 0.333. The van der Waals surface area contributed by atoms with Crippen molar-refractivity contribution in [3.8, 4) is 5.75 Å². The van der Waals surface area contributed by atoms with E-state index in [9.17, 15) is 9.90 Å². The molecule has 104 valence electrons. The summed E-state index contributed by atoms with van der Waals surface area (Å²) in [7, 11) is 0. The van der Waals surface area contributed by atoms with Crippen molar-refractivity contribution in [1.29, 1.82) is 0 Å². The second kappa shape index (κ2) is 5.94. The number of rotatable bonds is 1. The van der Waals surface area contributed by atoms with Gasteiger partial charge in [0.05, 0.1) is 10.7 Å². The highest BCUT2D eigenvalue weighted by molar-refractivity contribution is 7.80. The summed E-state index contributed by atoms with van der Waals surface area (Å²) in [6.45, 7) is 5.29. The third-order valence-corrected chi connectivity index (χ3v) is 2.90. The zero-order chi connectivity index (χ0) is 14.8. The molecule has 0 aliphatic rings. The number of phenols is 1. The number of carbonyl (C=O) groups excluding carboxylic acids is 1. The van der Waals surface area contributed by atoms with Gasteiger partial charge in [-0.2, -0.15) is 0 Å². The summed E-state index contributed by atoms with van der Waals surface area (Å²) < 4.78 is 0. The second-order valence-corrected chi connectivity index (χ2v) is 6.19. The number of hydrogen-bond donors (Lipinski definition) is 3. The molecule has 0 bridgehead atoms. The Balaban J connectivity index is 2.81. The number of halogens is 2. The Kier molecular flexibility index (Phi) is 5.01. The summed E-state index contributed by atoms with van der Waals surface area (Å²) in [5.41, 5.74) is -0.337. The van der Waals surface area contributed by atoms with Crippen LogP contribution >= 0.6 is 35.4 Å². The predicted molar refractivity (Wildman–Crippen MR) is 81.9 cm³/mol. The number of hydrogen-bond acceptors (Lipinski definition) is 3. The Morgan fingerprint density at radius 3 is 2.42 bits per heavy atom. The van der Waals surface area contributed by atoms with Crippen LogP contribution in [0.1, 0.15) is 20.8 Å². The van der Waals surface area contributed by atoms with Crippen molar-refractivity contribution in [2.24, 2.45) is 5.41 Å². The van der Waals surface area contributed by atoms with Gasteiger partial charge in [0.1, 0.15) is 0 Å². The number of anilines is 1. The minimum atomic E-state index is -0.570. The lowest BCUT2D eigenvalue weighted by Gasteiger charge is -2.19. The van der Waals surface area contributed by atoms with E-state index in [1.165, 1.54) is 12.1 Å². The first-order chi connectivity index (χ1) is 8.61. The molecule has 0 unspecified atom stereocenters. The average Bonchev–Trinajstić information content (AvgIpc) is 2.23. The number of nitrogens with one attached hydrogen (secondary N) is 2. The number of thiocarbonyl (C=S) groups is 1. The molecule has 0 heterocycles. The zero-order valence-corrected chi connectivity index (χ0v) is 13.0. The van der Waals surface area contributed by atoms with Gasteiger partial charge in [0.15, 0.2) is 10.9 Å². The molecule has 3 N–H and O–H groups in total. The Labute approximate surface area is 127 Å². The van der Waals surface area contributed by atoms with E-state index in [1.54, 1.807) is 20.8 Å². The highest BCUT2D eigenvalue weighted by atomic mass is 35.5. The second-order valence-electron chi connectivity index (χ2n) is 4.94. The summed E-state index contributed by atoms with van der Waals surface area (Å²) in [6.07, 6.45) is 0. The molecule has 0 aromatic heterocycles. The SMILES string of the molecule is CC(C)(C)C(=O)NC(=S)Nc1cc(Cl)cc(Cl)c1O. The minimum Gasteiger partial charge on any atom is -0.504 e. The van der Waals surface area contributed by atoms with Gasteiger partial charge in [0.2, 0.25) is 5.91 Å². The van der Waals surface area contributed by atoms with Gasteiger partial charge < -0.3 is 15.7 Å². The Morgan fingerprint density at radius 2 is 1.89 bits per heavy atom. The third kappa shape index (κ3) is 4.53. The summed E-state index contributed by atoms with van der Waals surface area (Å²) in [4.78, 5) is 11.7.